The number of methoxy groups -OCH3 is 1. The van der Waals surface area contributed by atoms with Gasteiger partial charge in [-0.15, -0.1) is 12.4 Å². The number of rotatable bonds is 6. The number of ether oxygens (including phenoxy) is 1. The van der Waals surface area contributed by atoms with E-state index in [0.29, 0.717) is 16.6 Å². The SMILES string of the molecule is COC(CN)CC(=O)NC(C)c1ccc(Cl)c(Cl)c1.Cl. The van der Waals surface area contributed by atoms with E-state index < -0.39 is 0 Å². The summed E-state index contributed by atoms with van der Waals surface area (Å²) < 4.78 is 5.07. The molecule has 0 saturated carbocycles. The van der Waals surface area contributed by atoms with E-state index >= 15 is 0 Å². The number of benzene rings is 1. The van der Waals surface area contributed by atoms with Gasteiger partial charge in [-0.25, -0.2) is 0 Å². The van der Waals surface area contributed by atoms with E-state index in [9.17, 15) is 4.79 Å². The monoisotopic (exact) mass is 340 g/mol. The molecule has 2 atom stereocenters. The maximum Gasteiger partial charge on any atom is 0.223 e. The molecule has 20 heavy (non-hydrogen) atoms. The van der Waals surface area contributed by atoms with Crippen molar-refractivity contribution in [2.75, 3.05) is 13.7 Å². The fourth-order valence-electron chi connectivity index (χ4n) is 1.64. The predicted molar refractivity (Wildman–Crippen MR) is 84.7 cm³/mol. The number of nitrogens with two attached hydrogens (primary N) is 1. The topological polar surface area (TPSA) is 64.3 Å². The summed E-state index contributed by atoms with van der Waals surface area (Å²) in [5, 5.41) is 3.83. The molecule has 2 unspecified atom stereocenters. The minimum Gasteiger partial charge on any atom is -0.380 e. The lowest BCUT2D eigenvalue weighted by molar-refractivity contribution is -0.124. The molecule has 0 aliphatic rings. The third-order valence-corrected chi connectivity index (χ3v) is 3.57. The third-order valence-electron chi connectivity index (χ3n) is 2.83. The Labute approximate surface area is 135 Å². The highest BCUT2D eigenvalue weighted by Crippen LogP contribution is 2.25. The van der Waals surface area contributed by atoms with Crippen molar-refractivity contribution in [1.29, 1.82) is 0 Å². The first-order valence-electron chi connectivity index (χ1n) is 5.95. The fourth-order valence-corrected chi connectivity index (χ4v) is 1.94. The largest absolute Gasteiger partial charge is 0.380 e. The summed E-state index contributed by atoms with van der Waals surface area (Å²) in [5.41, 5.74) is 6.37. The smallest absolute Gasteiger partial charge is 0.223 e. The van der Waals surface area contributed by atoms with Crippen LogP contribution in [0.3, 0.4) is 0 Å². The summed E-state index contributed by atoms with van der Waals surface area (Å²) in [5.74, 6) is -0.115. The van der Waals surface area contributed by atoms with Gasteiger partial charge in [0.25, 0.3) is 0 Å². The average molecular weight is 342 g/mol. The van der Waals surface area contributed by atoms with Gasteiger partial charge >= 0.3 is 0 Å². The van der Waals surface area contributed by atoms with Crippen LogP contribution < -0.4 is 11.1 Å². The summed E-state index contributed by atoms with van der Waals surface area (Å²) in [4.78, 5) is 11.8. The van der Waals surface area contributed by atoms with E-state index in [0.717, 1.165) is 5.56 Å². The molecule has 0 radical (unpaired) electrons. The molecule has 4 nitrogen and oxygen atoms in total. The number of amides is 1. The molecule has 3 N–H and O–H groups in total. The molecular formula is C13H19Cl3N2O2. The molecule has 1 amide bonds. The Kier molecular flexibility index (Phi) is 9.18. The molecule has 0 bridgehead atoms. The van der Waals surface area contributed by atoms with Crippen LogP contribution in [-0.2, 0) is 9.53 Å². The highest BCUT2D eigenvalue weighted by Gasteiger charge is 2.15. The van der Waals surface area contributed by atoms with Crippen LogP contribution in [0.4, 0.5) is 0 Å². The molecule has 1 rings (SSSR count). The van der Waals surface area contributed by atoms with E-state index in [-0.39, 0.29) is 36.9 Å². The van der Waals surface area contributed by atoms with Crippen LogP contribution >= 0.6 is 35.6 Å². The summed E-state index contributed by atoms with van der Waals surface area (Å²) in [6.07, 6.45) is -0.0282. The average Bonchev–Trinajstić information content (AvgIpc) is 2.38. The van der Waals surface area contributed by atoms with Crippen LogP contribution in [0.1, 0.15) is 24.9 Å². The Hall–Kier alpha value is -0.520. The van der Waals surface area contributed by atoms with Crippen LogP contribution in [-0.4, -0.2) is 25.7 Å². The Morgan fingerprint density at radius 1 is 1.40 bits per heavy atom. The number of carbonyl (C=O) groups is 1. The second-order valence-corrected chi connectivity index (χ2v) is 5.07. The molecule has 0 aromatic heterocycles. The van der Waals surface area contributed by atoms with E-state index in [1.54, 1.807) is 12.1 Å². The molecule has 7 heteroatoms. The van der Waals surface area contributed by atoms with Crippen LogP contribution in [0.2, 0.25) is 10.0 Å². The van der Waals surface area contributed by atoms with Crippen LogP contribution in [0.25, 0.3) is 0 Å². The molecule has 0 aliphatic heterocycles. The van der Waals surface area contributed by atoms with Crippen molar-refractivity contribution in [3.63, 3.8) is 0 Å². The molecule has 1 aromatic carbocycles. The second kappa shape index (κ2) is 9.42. The van der Waals surface area contributed by atoms with Crippen molar-refractivity contribution in [2.24, 2.45) is 5.73 Å². The van der Waals surface area contributed by atoms with Gasteiger partial charge in [0.15, 0.2) is 0 Å². The lowest BCUT2D eigenvalue weighted by Gasteiger charge is -2.17. The fraction of sp³-hybridized carbons (Fsp3) is 0.462. The van der Waals surface area contributed by atoms with Crippen molar-refractivity contribution in [3.05, 3.63) is 33.8 Å². The van der Waals surface area contributed by atoms with Gasteiger partial charge < -0.3 is 15.8 Å². The van der Waals surface area contributed by atoms with Crippen molar-refractivity contribution in [3.8, 4) is 0 Å². The summed E-state index contributed by atoms with van der Waals surface area (Å²) in [6.45, 7) is 2.19. The molecule has 0 saturated heterocycles. The first-order valence-corrected chi connectivity index (χ1v) is 6.70. The lowest BCUT2D eigenvalue weighted by atomic mass is 10.1. The van der Waals surface area contributed by atoms with Gasteiger partial charge in [-0.1, -0.05) is 29.3 Å². The molecule has 0 aliphatic carbocycles. The Bertz CT molecular complexity index is 440. The van der Waals surface area contributed by atoms with Crippen molar-refractivity contribution >= 4 is 41.5 Å². The zero-order valence-electron chi connectivity index (χ0n) is 11.4. The van der Waals surface area contributed by atoms with E-state index in [1.165, 1.54) is 7.11 Å². The third kappa shape index (κ3) is 5.85. The summed E-state index contributed by atoms with van der Waals surface area (Å²) in [6, 6.07) is 5.12. The highest BCUT2D eigenvalue weighted by molar-refractivity contribution is 6.42. The molecule has 0 heterocycles. The molecule has 114 valence electrons. The van der Waals surface area contributed by atoms with Gasteiger partial charge in [0.2, 0.25) is 5.91 Å². The maximum atomic E-state index is 11.8. The number of halogens is 3. The summed E-state index contributed by atoms with van der Waals surface area (Å²) >= 11 is 11.8. The normalized spacial score (nSPS) is 13.2. The number of carbonyl (C=O) groups excluding carboxylic acids is 1. The van der Waals surface area contributed by atoms with Crippen molar-refractivity contribution < 1.29 is 9.53 Å². The van der Waals surface area contributed by atoms with E-state index in [4.69, 9.17) is 33.7 Å². The quantitative estimate of drug-likeness (QED) is 0.836. The Morgan fingerprint density at radius 3 is 2.55 bits per heavy atom. The maximum absolute atomic E-state index is 11.8. The molecule has 0 fully saturated rings. The first kappa shape index (κ1) is 19.5. The minimum atomic E-state index is -0.263. The highest BCUT2D eigenvalue weighted by atomic mass is 35.5. The van der Waals surface area contributed by atoms with Gasteiger partial charge in [-0.2, -0.15) is 0 Å². The van der Waals surface area contributed by atoms with Crippen molar-refractivity contribution in [1.82, 2.24) is 5.32 Å². The molecular weight excluding hydrogens is 323 g/mol. The van der Waals surface area contributed by atoms with Gasteiger partial charge in [0.05, 0.1) is 28.6 Å². The standard InChI is InChI=1S/C13H18Cl2N2O2.ClH/c1-8(9-3-4-11(14)12(15)5-9)17-13(18)6-10(7-16)19-2;/h3-5,8,10H,6-7,16H2,1-2H3,(H,17,18);1H. The van der Waals surface area contributed by atoms with Gasteiger partial charge in [-0.05, 0) is 24.6 Å². The summed E-state index contributed by atoms with van der Waals surface area (Å²) in [7, 11) is 1.53. The minimum absolute atomic E-state index is 0. The van der Waals surface area contributed by atoms with Crippen LogP contribution in [0, 0.1) is 0 Å². The van der Waals surface area contributed by atoms with Gasteiger partial charge in [0, 0.05) is 13.7 Å². The zero-order chi connectivity index (χ0) is 14.4. The van der Waals surface area contributed by atoms with Gasteiger partial charge in [-0.3, -0.25) is 4.79 Å². The van der Waals surface area contributed by atoms with Crippen molar-refractivity contribution in [2.45, 2.75) is 25.5 Å². The Balaban J connectivity index is 0.00000361. The number of nitrogens with one attached hydrogen (secondary N) is 1. The van der Waals surface area contributed by atoms with Crippen LogP contribution in [0.5, 0.6) is 0 Å². The number of hydrogen-bond donors (Lipinski definition) is 2. The zero-order valence-corrected chi connectivity index (χ0v) is 13.7. The van der Waals surface area contributed by atoms with E-state index in [1.807, 2.05) is 13.0 Å². The van der Waals surface area contributed by atoms with Gasteiger partial charge in [0.1, 0.15) is 0 Å². The Morgan fingerprint density at radius 2 is 2.05 bits per heavy atom. The second-order valence-electron chi connectivity index (χ2n) is 4.26. The van der Waals surface area contributed by atoms with Crippen LogP contribution in [0.15, 0.2) is 18.2 Å². The number of hydrogen-bond acceptors (Lipinski definition) is 3. The van der Waals surface area contributed by atoms with E-state index in [2.05, 4.69) is 5.32 Å². The first-order chi connectivity index (χ1) is 8.97. The molecule has 1 aromatic rings. The molecule has 0 spiro atoms. The predicted octanol–water partition coefficient (Wildman–Crippen LogP) is 2.96. The lowest BCUT2D eigenvalue weighted by Crippen LogP contribution is -2.33.